The van der Waals surface area contributed by atoms with Gasteiger partial charge in [0.15, 0.2) is 0 Å². The van der Waals surface area contributed by atoms with Gasteiger partial charge in [-0.25, -0.2) is 0 Å². The van der Waals surface area contributed by atoms with Crippen LogP contribution < -0.4 is 16.4 Å². The molecule has 0 aromatic heterocycles. The van der Waals surface area contributed by atoms with Crippen molar-refractivity contribution in [1.29, 1.82) is 0 Å². The molecule has 5 heteroatoms. The van der Waals surface area contributed by atoms with E-state index in [0.717, 1.165) is 19.3 Å². The van der Waals surface area contributed by atoms with Crippen molar-refractivity contribution >= 4 is 5.91 Å². The highest BCUT2D eigenvalue weighted by atomic mass is 16.5. The molecule has 2 unspecified atom stereocenters. The number of nitrogens with two attached hydrogens (primary N) is 1. The zero-order chi connectivity index (χ0) is 14.0. The van der Waals surface area contributed by atoms with E-state index in [1.807, 2.05) is 0 Å². The van der Waals surface area contributed by atoms with Gasteiger partial charge in [-0.1, -0.05) is 13.8 Å². The maximum absolute atomic E-state index is 11.8. The second-order valence-corrected chi connectivity index (χ2v) is 5.05. The van der Waals surface area contributed by atoms with Gasteiger partial charge in [0.1, 0.15) is 0 Å². The maximum atomic E-state index is 11.8. The highest BCUT2D eigenvalue weighted by molar-refractivity contribution is 5.81. The first-order valence-corrected chi connectivity index (χ1v) is 6.71. The molecule has 0 fully saturated rings. The quantitative estimate of drug-likeness (QED) is 0.534. The Hall–Kier alpha value is -0.650. The first kappa shape index (κ1) is 17.4. The fourth-order valence-electron chi connectivity index (χ4n) is 1.96. The van der Waals surface area contributed by atoms with Gasteiger partial charge in [-0.05, 0) is 31.7 Å². The zero-order valence-electron chi connectivity index (χ0n) is 12.2. The van der Waals surface area contributed by atoms with Crippen molar-refractivity contribution < 1.29 is 9.53 Å². The smallest absolute Gasteiger partial charge is 0.236 e. The topological polar surface area (TPSA) is 76.4 Å². The predicted molar refractivity (Wildman–Crippen MR) is 74.4 cm³/mol. The summed E-state index contributed by atoms with van der Waals surface area (Å²) in [6.07, 6.45) is 2.68. The summed E-state index contributed by atoms with van der Waals surface area (Å²) in [5, 5.41) is 6.09. The monoisotopic (exact) mass is 259 g/mol. The van der Waals surface area contributed by atoms with Crippen molar-refractivity contribution in [2.24, 2.45) is 11.7 Å². The van der Waals surface area contributed by atoms with Crippen molar-refractivity contribution in [2.45, 2.75) is 45.2 Å². The standard InChI is InChI=1S/C13H29N3O2/c1-10(2)8-12(13(17)15-3)16-11(9-18-4)6-5-7-14/h10-12,16H,5-9,14H2,1-4H3,(H,15,17). The van der Waals surface area contributed by atoms with Gasteiger partial charge >= 0.3 is 0 Å². The molecule has 0 aliphatic rings. The highest BCUT2D eigenvalue weighted by Crippen LogP contribution is 2.08. The number of rotatable bonds is 10. The van der Waals surface area contributed by atoms with Crippen molar-refractivity contribution in [2.75, 3.05) is 27.3 Å². The second-order valence-electron chi connectivity index (χ2n) is 5.05. The summed E-state index contributed by atoms with van der Waals surface area (Å²) in [6.45, 7) is 5.49. The number of hydrogen-bond acceptors (Lipinski definition) is 4. The molecule has 0 spiro atoms. The van der Waals surface area contributed by atoms with Crippen molar-refractivity contribution in [3.05, 3.63) is 0 Å². The Morgan fingerprint density at radius 1 is 1.39 bits per heavy atom. The van der Waals surface area contributed by atoms with E-state index in [1.54, 1.807) is 14.2 Å². The number of carbonyl (C=O) groups excluding carboxylic acids is 1. The molecular formula is C13H29N3O2. The van der Waals surface area contributed by atoms with Gasteiger partial charge in [0.25, 0.3) is 0 Å². The minimum atomic E-state index is -0.159. The predicted octanol–water partition coefficient (Wildman–Crippen LogP) is 0.491. The van der Waals surface area contributed by atoms with Gasteiger partial charge < -0.3 is 21.1 Å². The van der Waals surface area contributed by atoms with Crippen LogP contribution in [0.2, 0.25) is 0 Å². The Morgan fingerprint density at radius 3 is 2.50 bits per heavy atom. The van der Waals surface area contributed by atoms with Crippen molar-refractivity contribution in [3.8, 4) is 0 Å². The Morgan fingerprint density at radius 2 is 2.06 bits per heavy atom. The summed E-state index contributed by atoms with van der Waals surface area (Å²) in [4.78, 5) is 11.8. The molecule has 0 saturated carbocycles. The first-order valence-electron chi connectivity index (χ1n) is 6.71. The van der Waals surface area contributed by atoms with Gasteiger partial charge in [-0.2, -0.15) is 0 Å². The summed E-state index contributed by atoms with van der Waals surface area (Å²) in [7, 11) is 3.34. The number of methoxy groups -OCH3 is 1. The largest absolute Gasteiger partial charge is 0.383 e. The summed E-state index contributed by atoms with van der Waals surface area (Å²) >= 11 is 0. The van der Waals surface area contributed by atoms with Crippen LogP contribution in [0.4, 0.5) is 0 Å². The minimum Gasteiger partial charge on any atom is -0.383 e. The van der Waals surface area contributed by atoms with Crippen LogP contribution in [0.1, 0.15) is 33.1 Å². The third-order valence-electron chi connectivity index (χ3n) is 2.83. The molecule has 4 N–H and O–H groups in total. The summed E-state index contributed by atoms with van der Waals surface area (Å²) in [5.41, 5.74) is 5.52. The van der Waals surface area contributed by atoms with E-state index in [2.05, 4.69) is 24.5 Å². The Kier molecular flexibility index (Phi) is 9.92. The average molecular weight is 259 g/mol. The van der Waals surface area contributed by atoms with Crippen molar-refractivity contribution in [3.63, 3.8) is 0 Å². The summed E-state index contributed by atoms with van der Waals surface area (Å²) in [5.74, 6) is 0.509. The third-order valence-corrected chi connectivity index (χ3v) is 2.83. The van der Waals surface area contributed by atoms with Crippen LogP contribution in [0, 0.1) is 5.92 Å². The molecule has 0 bridgehead atoms. The van der Waals surface area contributed by atoms with Crippen molar-refractivity contribution in [1.82, 2.24) is 10.6 Å². The number of carbonyl (C=O) groups is 1. The molecule has 0 heterocycles. The lowest BCUT2D eigenvalue weighted by atomic mass is 10.0. The molecule has 1 amide bonds. The SMILES string of the molecule is CNC(=O)C(CC(C)C)NC(CCCN)COC. The lowest BCUT2D eigenvalue weighted by Crippen LogP contribution is -2.49. The molecule has 5 nitrogen and oxygen atoms in total. The molecule has 0 aliphatic carbocycles. The first-order chi connectivity index (χ1) is 8.54. The molecule has 0 rings (SSSR count). The number of amides is 1. The molecule has 0 aromatic rings. The van der Waals surface area contributed by atoms with Gasteiger partial charge in [-0.3, -0.25) is 4.79 Å². The maximum Gasteiger partial charge on any atom is 0.236 e. The number of nitrogens with one attached hydrogen (secondary N) is 2. The van der Waals surface area contributed by atoms with Gasteiger partial charge in [0, 0.05) is 20.2 Å². The van der Waals surface area contributed by atoms with E-state index >= 15 is 0 Å². The number of ether oxygens (including phenoxy) is 1. The van der Waals surface area contributed by atoms with Crippen LogP contribution in [0.15, 0.2) is 0 Å². The Bertz CT molecular complexity index is 222. The average Bonchev–Trinajstić information content (AvgIpc) is 2.33. The normalized spacial score (nSPS) is 14.6. The molecule has 0 radical (unpaired) electrons. The van der Waals surface area contributed by atoms with E-state index < -0.39 is 0 Å². The van der Waals surface area contributed by atoms with E-state index in [-0.39, 0.29) is 18.0 Å². The molecule has 2 atom stereocenters. The van der Waals surface area contributed by atoms with Crippen LogP contribution in [-0.4, -0.2) is 45.3 Å². The van der Waals surface area contributed by atoms with Gasteiger partial charge in [-0.15, -0.1) is 0 Å². The number of hydrogen-bond donors (Lipinski definition) is 3. The third kappa shape index (κ3) is 7.63. The molecule has 0 saturated heterocycles. The van der Waals surface area contributed by atoms with E-state index in [9.17, 15) is 4.79 Å². The number of likely N-dealkylation sites (N-methyl/N-ethyl adjacent to an activating group) is 1. The lowest BCUT2D eigenvalue weighted by Gasteiger charge is -2.25. The van der Waals surface area contributed by atoms with Crippen LogP contribution in [0.5, 0.6) is 0 Å². The minimum absolute atomic E-state index is 0.0394. The molecule has 0 aromatic carbocycles. The zero-order valence-corrected chi connectivity index (χ0v) is 12.2. The van der Waals surface area contributed by atoms with Crippen LogP contribution in [0.25, 0.3) is 0 Å². The molecule has 18 heavy (non-hydrogen) atoms. The van der Waals surface area contributed by atoms with E-state index in [4.69, 9.17) is 10.5 Å². The summed E-state index contributed by atoms with van der Waals surface area (Å²) < 4.78 is 5.19. The van der Waals surface area contributed by atoms with Crippen LogP contribution >= 0.6 is 0 Å². The van der Waals surface area contributed by atoms with E-state index in [0.29, 0.717) is 19.1 Å². The van der Waals surface area contributed by atoms with Crippen LogP contribution in [0.3, 0.4) is 0 Å². The van der Waals surface area contributed by atoms with Crippen LogP contribution in [-0.2, 0) is 9.53 Å². The second kappa shape index (κ2) is 10.3. The highest BCUT2D eigenvalue weighted by Gasteiger charge is 2.21. The van der Waals surface area contributed by atoms with E-state index in [1.165, 1.54) is 0 Å². The fourth-order valence-corrected chi connectivity index (χ4v) is 1.96. The summed E-state index contributed by atoms with van der Waals surface area (Å²) in [6, 6.07) is 0.0209. The van der Waals surface area contributed by atoms with Gasteiger partial charge in [0.05, 0.1) is 12.6 Å². The lowest BCUT2D eigenvalue weighted by molar-refractivity contribution is -0.123. The fraction of sp³-hybridized carbons (Fsp3) is 0.923. The Labute approximate surface area is 111 Å². The molecular weight excluding hydrogens is 230 g/mol. The Balaban J connectivity index is 4.42. The molecule has 0 aliphatic heterocycles. The van der Waals surface area contributed by atoms with Gasteiger partial charge in [0.2, 0.25) is 5.91 Å². The molecule has 108 valence electrons.